The molecule has 0 aromatic rings. The van der Waals surface area contributed by atoms with Crippen molar-refractivity contribution < 1.29 is 17.9 Å². The largest absolute Gasteiger partial charge is 0.518 e. The molecule has 21 heavy (non-hydrogen) atoms. The van der Waals surface area contributed by atoms with E-state index in [0.29, 0.717) is 5.91 Å². The van der Waals surface area contributed by atoms with Crippen LogP contribution in [-0.4, -0.2) is 74.7 Å². The van der Waals surface area contributed by atoms with Crippen LogP contribution in [0.5, 0.6) is 0 Å². The van der Waals surface area contributed by atoms with Crippen LogP contribution in [0.2, 0.25) is 0 Å². The van der Waals surface area contributed by atoms with Gasteiger partial charge in [0.15, 0.2) is 0 Å². The highest BCUT2D eigenvalue weighted by atomic mass is 16.3. The Morgan fingerprint density at radius 3 is 0.667 bits per heavy atom. The maximum Gasteiger partial charge on any atom is 0.518 e. The van der Waals surface area contributed by atoms with Gasteiger partial charge in [-0.3, -0.25) is 0 Å². The van der Waals surface area contributed by atoms with Gasteiger partial charge < -0.3 is 0 Å². The van der Waals surface area contributed by atoms with Crippen molar-refractivity contribution in [2.45, 2.75) is 84.0 Å². The number of hydrogen-bond donors (Lipinski definition) is 0. The van der Waals surface area contributed by atoms with Crippen molar-refractivity contribution in [1.29, 1.82) is 0 Å². The molecule has 0 aromatic heterocycles. The fourth-order valence-corrected chi connectivity index (χ4v) is 9.44. The van der Waals surface area contributed by atoms with Gasteiger partial charge in [0.25, 0.3) is 22.7 Å². The Morgan fingerprint density at radius 1 is 0.381 bits per heavy atom. The highest BCUT2D eigenvalue weighted by Crippen LogP contribution is 2.93. The summed E-state index contributed by atoms with van der Waals surface area (Å²) >= 11 is 0. The Bertz CT molecular complexity index is 477. The molecule has 1 spiro atoms. The first-order chi connectivity index (χ1) is 9.00. The smallest absolute Gasteiger partial charge is 0.0688 e. The lowest BCUT2D eigenvalue weighted by Gasteiger charge is -3.03. The summed E-state index contributed by atoms with van der Waals surface area (Å²) < 4.78 is 4.79. The van der Waals surface area contributed by atoms with Crippen molar-refractivity contribution in [2.75, 3.05) is 28.2 Å². The zero-order valence-corrected chi connectivity index (χ0v) is 16.3. The average Bonchev–Trinajstić information content (AvgIpc) is 2.35. The van der Waals surface area contributed by atoms with Gasteiger partial charge in [-0.05, 0) is 0 Å². The van der Waals surface area contributed by atoms with Crippen LogP contribution in [0, 0.1) is 0 Å². The van der Waals surface area contributed by atoms with Gasteiger partial charge in [0.2, 0.25) is 0 Å². The van der Waals surface area contributed by atoms with E-state index in [1.54, 1.807) is 0 Å². The quantitative estimate of drug-likeness (QED) is 0.602. The van der Waals surface area contributed by atoms with E-state index in [-0.39, 0.29) is 22.7 Å². The molecule has 0 aromatic carbocycles. The fraction of sp³-hybridized carbons (Fsp3) is 1.00. The van der Waals surface area contributed by atoms with E-state index in [1.807, 2.05) is 0 Å². The van der Waals surface area contributed by atoms with Crippen LogP contribution in [0.1, 0.15) is 55.4 Å². The first-order valence-corrected chi connectivity index (χ1v) is 8.47. The van der Waals surface area contributed by atoms with Crippen LogP contribution in [0.25, 0.3) is 0 Å². The van der Waals surface area contributed by atoms with Crippen molar-refractivity contribution >= 4 is 0 Å². The maximum atomic E-state index is 2.53. The molecule has 0 radical (unpaired) electrons. The van der Waals surface area contributed by atoms with Crippen molar-refractivity contribution in [2.24, 2.45) is 0 Å². The Hall–Kier alpha value is -0.160. The first-order valence-electron chi connectivity index (χ1n) is 8.47. The molecule has 4 aliphatic rings. The van der Waals surface area contributed by atoms with E-state index < -0.39 is 0 Å². The number of nitrogens with zero attached hydrogens (tertiary/aromatic N) is 4. The molecular weight excluding hydrogens is 260 g/mol. The van der Waals surface area contributed by atoms with Crippen LogP contribution in [0.3, 0.4) is 0 Å². The summed E-state index contributed by atoms with van der Waals surface area (Å²) in [5.74, 6) is 0.292. The summed E-state index contributed by atoms with van der Waals surface area (Å²) in [5.41, 5.74) is 1.05. The second-order valence-electron chi connectivity index (χ2n) is 10.6. The lowest BCUT2D eigenvalue weighted by molar-refractivity contribution is -1.81. The van der Waals surface area contributed by atoms with Crippen molar-refractivity contribution in [1.82, 2.24) is 0 Å². The molecule has 4 aliphatic heterocycles. The van der Waals surface area contributed by atoms with Crippen molar-refractivity contribution in [3.63, 3.8) is 0 Å². The molecule has 4 rings (SSSR count). The van der Waals surface area contributed by atoms with Gasteiger partial charge in [-0.2, -0.15) is 0 Å². The average molecular weight is 297 g/mol. The van der Waals surface area contributed by atoms with Crippen LogP contribution in [0.4, 0.5) is 0 Å². The van der Waals surface area contributed by atoms with E-state index in [1.165, 1.54) is 17.9 Å². The molecule has 0 amide bonds. The SMILES string of the molecule is CC1(C)[N+]2(C)C(C)(C)[N+]3(C)C(C)(C)[N+]4(C)C(C)(C)[N+]1(C)C234. The normalized spacial score (nSPS) is 65.7. The van der Waals surface area contributed by atoms with Crippen LogP contribution >= 0.6 is 0 Å². The number of quaternary nitrogens is 4. The Morgan fingerprint density at radius 2 is 0.524 bits per heavy atom. The van der Waals surface area contributed by atoms with Crippen molar-refractivity contribution in [3.8, 4) is 0 Å². The predicted molar refractivity (Wildman–Crippen MR) is 83.8 cm³/mol. The second-order valence-corrected chi connectivity index (χ2v) is 10.6. The second kappa shape index (κ2) is 2.43. The zero-order valence-electron chi connectivity index (χ0n) is 16.3. The molecule has 0 N–H and O–H groups in total. The fourth-order valence-electron chi connectivity index (χ4n) is 9.44. The molecule has 4 heterocycles. The summed E-state index contributed by atoms with van der Waals surface area (Å²) in [6.07, 6.45) is 0. The molecule has 0 bridgehead atoms. The van der Waals surface area contributed by atoms with E-state index in [2.05, 4.69) is 83.6 Å². The first kappa shape index (κ1) is 14.4. The van der Waals surface area contributed by atoms with Gasteiger partial charge in [-0.15, -0.1) is 0 Å². The van der Waals surface area contributed by atoms with Gasteiger partial charge in [-0.1, -0.05) is 17.9 Å². The molecule has 4 heteroatoms. The van der Waals surface area contributed by atoms with Gasteiger partial charge in [0, 0.05) is 55.4 Å². The molecule has 4 fully saturated rings. The van der Waals surface area contributed by atoms with Gasteiger partial charge in [0.1, 0.15) is 0 Å². The van der Waals surface area contributed by atoms with Crippen LogP contribution in [-0.2, 0) is 0 Å². The predicted octanol–water partition coefficient (Wildman–Crippen LogP) is 2.38. The third-order valence-corrected chi connectivity index (χ3v) is 11.2. The molecule has 0 aliphatic carbocycles. The Labute approximate surface area is 130 Å². The number of rotatable bonds is 0. The van der Waals surface area contributed by atoms with Gasteiger partial charge in [0.05, 0.1) is 28.2 Å². The zero-order chi connectivity index (χ0) is 16.5. The molecular formula is C17H36N4+4. The number of hydrogen-bond acceptors (Lipinski definition) is 0. The third kappa shape index (κ3) is 0.543. The standard InChI is InChI=1S/C17H36N4/c1-13(2)18(9)14(3,4)20(11)16(7,8)21(12)15(5,6)19(13,10)17(18,20)21/h1-12H3/q+4. The Kier molecular flexibility index (Phi) is 1.67. The molecule has 0 atom stereocenters. The Balaban J connectivity index is 2.10. The lowest BCUT2D eigenvalue weighted by atomic mass is 9.55. The highest BCUT2D eigenvalue weighted by molar-refractivity contribution is 5.06. The summed E-state index contributed by atoms with van der Waals surface area (Å²) in [4.78, 5) is 0. The molecule has 120 valence electrons. The van der Waals surface area contributed by atoms with Gasteiger partial charge >= 0.3 is 5.91 Å². The monoisotopic (exact) mass is 296 g/mol. The topological polar surface area (TPSA) is 0 Å². The third-order valence-electron chi connectivity index (χ3n) is 11.2. The van der Waals surface area contributed by atoms with E-state index in [9.17, 15) is 0 Å². The minimum atomic E-state index is 0.263. The van der Waals surface area contributed by atoms with Crippen LogP contribution < -0.4 is 0 Å². The van der Waals surface area contributed by atoms with E-state index in [0.717, 1.165) is 0 Å². The minimum absolute atomic E-state index is 0.263. The summed E-state index contributed by atoms with van der Waals surface area (Å²) in [7, 11) is 10.1. The molecule has 0 saturated carbocycles. The van der Waals surface area contributed by atoms with Crippen LogP contribution in [0.15, 0.2) is 0 Å². The molecule has 4 saturated heterocycles. The summed E-state index contributed by atoms with van der Waals surface area (Å²) in [6.45, 7) is 20.0. The van der Waals surface area contributed by atoms with Crippen molar-refractivity contribution in [3.05, 3.63) is 0 Å². The summed E-state index contributed by atoms with van der Waals surface area (Å²) in [5, 5.41) is 0. The molecule has 4 nitrogen and oxygen atoms in total. The minimum Gasteiger partial charge on any atom is -0.0688 e. The maximum absolute atomic E-state index is 2.53. The van der Waals surface area contributed by atoms with Gasteiger partial charge in [-0.25, -0.2) is 0 Å². The summed E-state index contributed by atoms with van der Waals surface area (Å²) in [6, 6.07) is 0. The highest BCUT2D eigenvalue weighted by Gasteiger charge is 3.32. The van der Waals surface area contributed by atoms with E-state index >= 15 is 0 Å². The van der Waals surface area contributed by atoms with E-state index in [4.69, 9.17) is 0 Å². The lowest BCUT2D eigenvalue weighted by Crippen LogP contribution is -3.41. The molecule has 0 unspecified atom stereocenters.